The summed E-state index contributed by atoms with van der Waals surface area (Å²) in [6.07, 6.45) is -1.05. The van der Waals surface area contributed by atoms with Gasteiger partial charge in [-0.3, -0.25) is 0 Å². The molecule has 0 aromatic heterocycles. The van der Waals surface area contributed by atoms with Crippen molar-refractivity contribution in [2.75, 3.05) is 37.8 Å². The Labute approximate surface area is 208 Å². The molecule has 1 amide bonds. The van der Waals surface area contributed by atoms with E-state index in [4.69, 9.17) is 9.47 Å². The van der Waals surface area contributed by atoms with Gasteiger partial charge >= 0.3 is 12.1 Å². The van der Waals surface area contributed by atoms with Gasteiger partial charge in [0.1, 0.15) is 18.5 Å². The van der Waals surface area contributed by atoms with Gasteiger partial charge in [0.2, 0.25) is 0 Å². The summed E-state index contributed by atoms with van der Waals surface area (Å²) >= 11 is 0. The Morgan fingerprint density at radius 1 is 1.03 bits per heavy atom. The van der Waals surface area contributed by atoms with Gasteiger partial charge in [-0.05, 0) is 39.9 Å². The fourth-order valence-corrected chi connectivity index (χ4v) is 4.92. The second kappa shape index (κ2) is 10.4. The number of rotatable bonds is 7. The van der Waals surface area contributed by atoms with Crippen molar-refractivity contribution in [3.63, 3.8) is 0 Å². The van der Waals surface area contributed by atoms with Crippen LogP contribution in [0.25, 0.3) is 11.1 Å². The van der Waals surface area contributed by atoms with E-state index < -0.39 is 23.9 Å². The number of anilines is 1. The highest BCUT2D eigenvalue weighted by molar-refractivity contribution is 5.81. The number of ether oxygens (including phenoxy) is 2. The van der Waals surface area contributed by atoms with Gasteiger partial charge < -0.3 is 24.8 Å². The summed E-state index contributed by atoms with van der Waals surface area (Å²) in [4.78, 5) is 26.4. The van der Waals surface area contributed by atoms with Crippen molar-refractivity contribution in [2.24, 2.45) is 0 Å². The lowest BCUT2D eigenvalue weighted by Gasteiger charge is -2.29. The normalized spacial score (nSPS) is 15.6. The van der Waals surface area contributed by atoms with Crippen LogP contribution in [0.5, 0.6) is 0 Å². The van der Waals surface area contributed by atoms with E-state index in [2.05, 4.69) is 5.32 Å². The summed E-state index contributed by atoms with van der Waals surface area (Å²) in [5, 5.41) is 12.0. The summed E-state index contributed by atoms with van der Waals surface area (Å²) < 4.78 is 25.6. The maximum atomic E-state index is 14.8. The van der Waals surface area contributed by atoms with Gasteiger partial charge in [-0.2, -0.15) is 0 Å². The molecule has 1 aliphatic carbocycles. The Morgan fingerprint density at radius 2 is 1.67 bits per heavy atom. The number of aliphatic carboxylic acids is 1. The van der Waals surface area contributed by atoms with Crippen LogP contribution in [0, 0.1) is 5.82 Å². The molecule has 5 rings (SSSR count). The molecular weight excluding hydrogens is 463 g/mol. The van der Waals surface area contributed by atoms with Gasteiger partial charge in [0, 0.05) is 31.1 Å². The van der Waals surface area contributed by atoms with E-state index in [0.29, 0.717) is 26.3 Å². The lowest BCUT2D eigenvalue weighted by Crippen LogP contribution is -2.43. The Morgan fingerprint density at radius 3 is 2.28 bits per heavy atom. The fourth-order valence-electron chi connectivity index (χ4n) is 4.92. The average Bonchev–Trinajstić information content (AvgIpc) is 3.22. The molecule has 3 aromatic carbocycles. The standard InChI is InChI=1S/C28H27FN2O5/c29-25-16-19(31-11-13-35-14-12-31)10-9-18(25)15-26(27(32)33)30-28(34)36-17-24-22-7-3-1-5-20(22)21-6-2-4-8-23(21)24/h1-10,16,24,26H,11-15,17H2,(H,30,34)(H,32,33). The van der Waals surface area contributed by atoms with Crippen LogP contribution in [0.4, 0.5) is 14.9 Å². The van der Waals surface area contributed by atoms with Crippen LogP contribution in [-0.4, -0.2) is 56.1 Å². The Balaban J connectivity index is 1.23. The molecule has 2 aliphatic rings. The zero-order valence-electron chi connectivity index (χ0n) is 19.7. The van der Waals surface area contributed by atoms with Crippen molar-refractivity contribution in [1.82, 2.24) is 5.32 Å². The molecule has 0 saturated carbocycles. The number of hydrogen-bond donors (Lipinski definition) is 2. The summed E-state index contributed by atoms with van der Waals surface area (Å²) in [7, 11) is 0. The number of benzene rings is 3. The molecule has 0 radical (unpaired) electrons. The molecule has 1 atom stereocenters. The molecule has 0 bridgehead atoms. The minimum Gasteiger partial charge on any atom is -0.480 e. The van der Waals surface area contributed by atoms with E-state index in [0.717, 1.165) is 27.9 Å². The molecule has 1 unspecified atom stereocenters. The fraction of sp³-hybridized carbons (Fsp3) is 0.286. The first-order valence-electron chi connectivity index (χ1n) is 12.0. The van der Waals surface area contributed by atoms with E-state index in [9.17, 15) is 19.1 Å². The molecule has 1 fully saturated rings. The molecule has 2 N–H and O–H groups in total. The number of alkyl carbamates (subject to hydrolysis) is 1. The summed E-state index contributed by atoms with van der Waals surface area (Å²) in [6, 6.07) is 19.3. The number of halogens is 1. The van der Waals surface area contributed by atoms with Gasteiger partial charge in [-0.15, -0.1) is 0 Å². The van der Waals surface area contributed by atoms with Crippen molar-refractivity contribution >= 4 is 17.7 Å². The lowest BCUT2D eigenvalue weighted by molar-refractivity contribution is -0.139. The molecule has 1 saturated heterocycles. The zero-order chi connectivity index (χ0) is 25.1. The molecule has 1 aliphatic heterocycles. The highest BCUT2D eigenvalue weighted by atomic mass is 19.1. The Kier molecular flexibility index (Phi) is 6.86. The maximum Gasteiger partial charge on any atom is 0.407 e. The number of carboxylic acids is 1. The third kappa shape index (κ3) is 4.90. The smallest absolute Gasteiger partial charge is 0.407 e. The van der Waals surface area contributed by atoms with Crippen LogP contribution in [0.2, 0.25) is 0 Å². The topological polar surface area (TPSA) is 88.1 Å². The number of carbonyl (C=O) groups is 2. The second-order valence-corrected chi connectivity index (χ2v) is 8.94. The van der Waals surface area contributed by atoms with E-state index in [-0.39, 0.29) is 24.5 Å². The second-order valence-electron chi connectivity index (χ2n) is 8.94. The van der Waals surface area contributed by atoms with E-state index >= 15 is 0 Å². The molecule has 8 heteroatoms. The summed E-state index contributed by atoms with van der Waals surface area (Å²) in [6.45, 7) is 2.55. The highest BCUT2D eigenvalue weighted by Gasteiger charge is 2.30. The maximum absolute atomic E-state index is 14.8. The van der Waals surface area contributed by atoms with Crippen LogP contribution in [0.3, 0.4) is 0 Å². The van der Waals surface area contributed by atoms with Crippen LogP contribution < -0.4 is 10.2 Å². The molecule has 3 aromatic rings. The van der Waals surface area contributed by atoms with E-state index in [1.165, 1.54) is 6.07 Å². The third-order valence-corrected chi connectivity index (χ3v) is 6.77. The molecule has 1 heterocycles. The average molecular weight is 491 g/mol. The highest BCUT2D eigenvalue weighted by Crippen LogP contribution is 2.44. The van der Waals surface area contributed by atoms with E-state index in [1.807, 2.05) is 53.4 Å². The minimum absolute atomic E-state index is 0.0643. The predicted octanol–water partition coefficient (Wildman–Crippen LogP) is 4.20. The van der Waals surface area contributed by atoms with Crippen LogP contribution >= 0.6 is 0 Å². The lowest BCUT2D eigenvalue weighted by atomic mass is 9.98. The first-order valence-corrected chi connectivity index (χ1v) is 12.0. The zero-order valence-corrected chi connectivity index (χ0v) is 19.7. The Bertz CT molecular complexity index is 1230. The molecule has 36 heavy (non-hydrogen) atoms. The van der Waals surface area contributed by atoms with E-state index in [1.54, 1.807) is 12.1 Å². The van der Waals surface area contributed by atoms with Gasteiger partial charge in [0.25, 0.3) is 0 Å². The van der Waals surface area contributed by atoms with Crippen LogP contribution in [0.15, 0.2) is 66.7 Å². The number of nitrogens with zero attached hydrogens (tertiary/aromatic N) is 1. The summed E-state index contributed by atoms with van der Waals surface area (Å²) in [5.74, 6) is -1.92. The molecule has 186 valence electrons. The number of amides is 1. The number of hydrogen-bond acceptors (Lipinski definition) is 5. The third-order valence-electron chi connectivity index (χ3n) is 6.77. The van der Waals surface area contributed by atoms with Crippen molar-refractivity contribution in [1.29, 1.82) is 0 Å². The van der Waals surface area contributed by atoms with Gasteiger partial charge in [-0.25, -0.2) is 14.0 Å². The quantitative estimate of drug-likeness (QED) is 0.516. The van der Waals surface area contributed by atoms with Gasteiger partial charge in [0.15, 0.2) is 0 Å². The Hall–Kier alpha value is -3.91. The predicted molar refractivity (Wildman–Crippen MR) is 133 cm³/mol. The molecule has 7 nitrogen and oxygen atoms in total. The van der Waals surface area contributed by atoms with Gasteiger partial charge in [0.05, 0.1) is 13.2 Å². The van der Waals surface area contributed by atoms with Crippen LogP contribution in [0.1, 0.15) is 22.6 Å². The van der Waals surface area contributed by atoms with Crippen molar-refractivity contribution in [3.8, 4) is 11.1 Å². The number of nitrogens with one attached hydrogen (secondary N) is 1. The van der Waals surface area contributed by atoms with Crippen molar-refractivity contribution < 1.29 is 28.6 Å². The monoisotopic (exact) mass is 490 g/mol. The number of fused-ring (bicyclic) bond motifs is 3. The summed E-state index contributed by atoms with van der Waals surface area (Å²) in [5.41, 5.74) is 5.24. The van der Waals surface area contributed by atoms with Crippen molar-refractivity contribution in [2.45, 2.75) is 18.4 Å². The number of morpholine rings is 1. The van der Waals surface area contributed by atoms with Crippen LogP contribution in [-0.2, 0) is 20.7 Å². The first kappa shape index (κ1) is 23.8. The largest absolute Gasteiger partial charge is 0.480 e. The molecule has 0 spiro atoms. The minimum atomic E-state index is -1.33. The SMILES string of the molecule is O=C(NC(Cc1ccc(N2CCOCC2)cc1F)C(=O)O)OCC1c2ccccc2-c2ccccc21. The number of carboxylic acid groups (broad SMARTS) is 1. The first-order chi connectivity index (χ1) is 17.5. The number of carbonyl (C=O) groups excluding carboxylic acids is 1. The van der Waals surface area contributed by atoms with Gasteiger partial charge in [-0.1, -0.05) is 54.6 Å². The van der Waals surface area contributed by atoms with Crippen molar-refractivity contribution in [3.05, 3.63) is 89.2 Å². The molecular formula is C28H27FN2O5.